The lowest BCUT2D eigenvalue weighted by Crippen LogP contribution is -2.28. The molecule has 0 aromatic rings. The summed E-state index contributed by atoms with van der Waals surface area (Å²) in [6, 6.07) is 0. The maximum absolute atomic E-state index is 12.1. The number of carbonyl (C=O) groups is 2. The third kappa shape index (κ3) is 1.43. The van der Waals surface area contributed by atoms with Gasteiger partial charge in [-0.2, -0.15) is 0 Å². The van der Waals surface area contributed by atoms with Gasteiger partial charge in [-0.3, -0.25) is 9.59 Å². The number of fused-ring (bicyclic) bond motifs is 3. The lowest BCUT2D eigenvalue weighted by atomic mass is 9.81. The Balaban J connectivity index is 2.07. The maximum atomic E-state index is 12.1. The first-order valence-electron chi connectivity index (χ1n) is 6.63. The number of ketones is 1. The number of hydrogen-bond donors (Lipinski definition) is 0. The largest absolute Gasteiger partial charge is 0.461 e. The normalized spacial score (nSPS) is 39.2. The summed E-state index contributed by atoms with van der Waals surface area (Å²) in [7, 11) is 0. The van der Waals surface area contributed by atoms with Crippen LogP contribution in [0.1, 0.15) is 33.6 Å². The molecule has 0 amide bonds. The molecule has 0 N–H and O–H groups in total. The second-order valence-electron chi connectivity index (χ2n) is 5.82. The van der Waals surface area contributed by atoms with E-state index in [1.807, 2.05) is 20.8 Å². The fourth-order valence-corrected chi connectivity index (χ4v) is 3.69. The Bertz CT molecular complexity index is 498. The molecule has 2 aliphatic carbocycles. The predicted molar refractivity (Wildman–Crippen MR) is 66.7 cm³/mol. The van der Waals surface area contributed by atoms with Gasteiger partial charge in [0, 0.05) is 17.4 Å². The number of allylic oxidation sites excluding steroid dienone is 2. The number of rotatable bonds is 0. The van der Waals surface area contributed by atoms with Crippen molar-refractivity contribution in [3.05, 3.63) is 22.8 Å². The molecule has 0 spiro atoms. The van der Waals surface area contributed by atoms with Gasteiger partial charge in [-0.25, -0.2) is 0 Å². The molecule has 0 saturated carbocycles. The molecule has 4 atom stereocenters. The molecule has 3 rings (SSSR count). The van der Waals surface area contributed by atoms with Gasteiger partial charge in [0.15, 0.2) is 5.78 Å². The van der Waals surface area contributed by atoms with Gasteiger partial charge in [-0.1, -0.05) is 18.1 Å². The van der Waals surface area contributed by atoms with Crippen LogP contribution in [0.3, 0.4) is 0 Å². The Hall–Kier alpha value is -1.38. The molecule has 1 heterocycles. The van der Waals surface area contributed by atoms with E-state index in [9.17, 15) is 9.59 Å². The SMILES string of the molecule is CC1=CC(=O)C2=C(C)CCC3[C@H](C)C(=O)O[C@@H]3[C@@H]12. The molecule has 1 saturated heterocycles. The van der Waals surface area contributed by atoms with Gasteiger partial charge in [0.1, 0.15) is 6.10 Å². The van der Waals surface area contributed by atoms with E-state index in [1.165, 1.54) is 5.57 Å². The first-order chi connectivity index (χ1) is 8.50. The van der Waals surface area contributed by atoms with Crippen LogP contribution in [-0.2, 0) is 14.3 Å². The first kappa shape index (κ1) is 11.7. The first-order valence-corrected chi connectivity index (χ1v) is 6.63. The topological polar surface area (TPSA) is 43.4 Å². The van der Waals surface area contributed by atoms with Gasteiger partial charge in [-0.05, 0) is 32.8 Å². The van der Waals surface area contributed by atoms with Gasteiger partial charge in [0.05, 0.1) is 5.92 Å². The minimum Gasteiger partial charge on any atom is -0.461 e. The fourth-order valence-electron chi connectivity index (χ4n) is 3.69. The van der Waals surface area contributed by atoms with Gasteiger partial charge >= 0.3 is 5.97 Å². The summed E-state index contributed by atoms with van der Waals surface area (Å²) in [5.74, 6) is 0.246. The molecule has 3 aliphatic rings. The minimum absolute atomic E-state index is 0.0129. The van der Waals surface area contributed by atoms with E-state index < -0.39 is 0 Å². The van der Waals surface area contributed by atoms with Crippen LogP contribution in [0.15, 0.2) is 22.8 Å². The van der Waals surface area contributed by atoms with E-state index in [0.717, 1.165) is 24.0 Å². The molecule has 3 heteroatoms. The van der Waals surface area contributed by atoms with E-state index >= 15 is 0 Å². The number of esters is 1. The molecule has 3 nitrogen and oxygen atoms in total. The summed E-state index contributed by atoms with van der Waals surface area (Å²) < 4.78 is 5.57. The predicted octanol–water partition coefficient (Wildman–Crippen LogP) is 2.42. The van der Waals surface area contributed by atoms with Crippen molar-refractivity contribution in [2.45, 2.75) is 39.7 Å². The van der Waals surface area contributed by atoms with Crippen LogP contribution >= 0.6 is 0 Å². The summed E-state index contributed by atoms with van der Waals surface area (Å²) in [5, 5.41) is 0. The Morgan fingerprint density at radius 2 is 2.00 bits per heavy atom. The highest BCUT2D eigenvalue weighted by molar-refractivity contribution is 6.09. The molecule has 18 heavy (non-hydrogen) atoms. The van der Waals surface area contributed by atoms with Gasteiger partial charge < -0.3 is 4.74 Å². The van der Waals surface area contributed by atoms with E-state index in [4.69, 9.17) is 4.74 Å². The van der Waals surface area contributed by atoms with Crippen molar-refractivity contribution in [3.8, 4) is 0 Å². The highest BCUT2D eigenvalue weighted by Gasteiger charge is 2.50. The summed E-state index contributed by atoms with van der Waals surface area (Å²) in [5.41, 5.74) is 3.12. The lowest BCUT2D eigenvalue weighted by molar-refractivity contribution is -0.144. The second kappa shape index (κ2) is 3.81. The molecule has 0 bridgehead atoms. The van der Waals surface area contributed by atoms with Crippen molar-refractivity contribution < 1.29 is 14.3 Å². The summed E-state index contributed by atoms with van der Waals surface area (Å²) in [6.45, 7) is 5.96. The van der Waals surface area contributed by atoms with E-state index in [1.54, 1.807) is 6.08 Å². The molecule has 96 valence electrons. The van der Waals surface area contributed by atoms with Crippen LogP contribution in [0.4, 0.5) is 0 Å². The molecular weight excluding hydrogens is 228 g/mol. The second-order valence-corrected chi connectivity index (χ2v) is 5.82. The van der Waals surface area contributed by atoms with Crippen LogP contribution in [0, 0.1) is 17.8 Å². The minimum atomic E-state index is -0.123. The number of hydrogen-bond acceptors (Lipinski definition) is 3. The average Bonchev–Trinajstić information content (AvgIpc) is 2.68. The molecule has 0 aromatic carbocycles. The van der Waals surface area contributed by atoms with Crippen LogP contribution < -0.4 is 0 Å². The standard InChI is InChI=1S/C15H18O3/c1-7-4-5-10-9(3)15(17)18-14(10)13-8(2)6-11(16)12(7)13/h6,9-10,13-14H,4-5H2,1-3H3/t9-,10?,13-,14-/m0/s1. The highest BCUT2D eigenvalue weighted by Crippen LogP contribution is 2.47. The van der Waals surface area contributed by atoms with Crippen LogP contribution in [0.5, 0.6) is 0 Å². The van der Waals surface area contributed by atoms with Crippen molar-refractivity contribution in [2.24, 2.45) is 17.8 Å². The Morgan fingerprint density at radius 3 is 2.72 bits per heavy atom. The smallest absolute Gasteiger partial charge is 0.309 e. The molecular formula is C15H18O3. The molecule has 1 fully saturated rings. The van der Waals surface area contributed by atoms with Crippen molar-refractivity contribution >= 4 is 11.8 Å². The zero-order valence-corrected chi connectivity index (χ0v) is 11.0. The zero-order chi connectivity index (χ0) is 13.0. The fraction of sp³-hybridized carbons (Fsp3) is 0.600. The summed E-state index contributed by atoms with van der Waals surface area (Å²) in [6.07, 6.45) is 3.44. The van der Waals surface area contributed by atoms with Crippen molar-refractivity contribution in [1.29, 1.82) is 0 Å². The number of carbonyl (C=O) groups excluding carboxylic acids is 2. The van der Waals surface area contributed by atoms with Crippen LogP contribution in [0.25, 0.3) is 0 Å². The number of ether oxygens (including phenoxy) is 1. The van der Waals surface area contributed by atoms with Crippen LogP contribution in [0.2, 0.25) is 0 Å². The Labute approximate surface area is 107 Å². The van der Waals surface area contributed by atoms with Gasteiger partial charge in [0.25, 0.3) is 0 Å². The van der Waals surface area contributed by atoms with E-state index in [0.29, 0.717) is 0 Å². The summed E-state index contributed by atoms with van der Waals surface area (Å²) in [4.78, 5) is 23.8. The van der Waals surface area contributed by atoms with Gasteiger partial charge in [0.2, 0.25) is 0 Å². The average molecular weight is 246 g/mol. The van der Waals surface area contributed by atoms with Crippen LogP contribution in [-0.4, -0.2) is 17.9 Å². The monoisotopic (exact) mass is 246 g/mol. The van der Waals surface area contributed by atoms with Gasteiger partial charge in [-0.15, -0.1) is 0 Å². The third-order valence-corrected chi connectivity index (χ3v) is 4.76. The van der Waals surface area contributed by atoms with E-state index in [2.05, 4.69) is 0 Å². The van der Waals surface area contributed by atoms with Crippen molar-refractivity contribution in [1.82, 2.24) is 0 Å². The maximum Gasteiger partial charge on any atom is 0.309 e. The van der Waals surface area contributed by atoms with Crippen molar-refractivity contribution in [2.75, 3.05) is 0 Å². The molecule has 0 aromatic heterocycles. The third-order valence-electron chi connectivity index (χ3n) is 4.76. The summed E-state index contributed by atoms with van der Waals surface area (Å²) >= 11 is 0. The highest BCUT2D eigenvalue weighted by atomic mass is 16.6. The van der Waals surface area contributed by atoms with E-state index in [-0.39, 0.29) is 35.6 Å². The van der Waals surface area contributed by atoms with Crippen molar-refractivity contribution in [3.63, 3.8) is 0 Å². The Morgan fingerprint density at radius 1 is 1.28 bits per heavy atom. The lowest BCUT2D eigenvalue weighted by Gasteiger charge is -2.24. The molecule has 0 radical (unpaired) electrons. The molecule has 1 unspecified atom stereocenters. The Kier molecular flexibility index (Phi) is 2.47. The zero-order valence-electron chi connectivity index (χ0n) is 11.0. The quantitative estimate of drug-likeness (QED) is 0.616. The molecule has 1 aliphatic heterocycles.